The molecule has 0 bridgehead atoms. The van der Waals surface area contributed by atoms with E-state index < -0.39 is 0 Å². The van der Waals surface area contributed by atoms with E-state index in [0.29, 0.717) is 0 Å². The van der Waals surface area contributed by atoms with Crippen LogP contribution >= 0.6 is 11.8 Å². The zero-order valence-corrected chi connectivity index (χ0v) is 11.0. The predicted molar refractivity (Wildman–Crippen MR) is 72.1 cm³/mol. The minimum atomic E-state index is -0.0663. The number of rotatable bonds is 2. The van der Waals surface area contributed by atoms with Crippen molar-refractivity contribution in [3.63, 3.8) is 0 Å². The topological polar surface area (TPSA) is 36.7 Å². The van der Waals surface area contributed by atoms with Crippen LogP contribution in [0.2, 0.25) is 0 Å². The molecule has 0 fully saturated rings. The van der Waals surface area contributed by atoms with E-state index in [1.807, 2.05) is 6.92 Å². The zero-order valence-electron chi connectivity index (χ0n) is 10.2. The SMILES string of the molecule is Cc1cc(SC(C)C#N)nc2c(C)cccc12. The Kier molecular flexibility index (Phi) is 3.35. The molecule has 0 radical (unpaired) electrons. The summed E-state index contributed by atoms with van der Waals surface area (Å²) >= 11 is 1.51. The first-order chi connectivity index (χ1) is 8.11. The minimum Gasteiger partial charge on any atom is -0.241 e. The first-order valence-corrected chi connectivity index (χ1v) is 6.43. The summed E-state index contributed by atoms with van der Waals surface area (Å²) in [6.45, 7) is 6.05. The summed E-state index contributed by atoms with van der Waals surface area (Å²) in [5.74, 6) is 0. The number of nitrogens with zero attached hydrogens (tertiary/aromatic N) is 2. The van der Waals surface area contributed by atoms with Crippen LogP contribution in [0.15, 0.2) is 29.3 Å². The molecule has 0 aliphatic rings. The third-order valence-electron chi connectivity index (χ3n) is 2.70. The van der Waals surface area contributed by atoms with E-state index >= 15 is 0 Å². The molecule has 1 aromatic carbocycles. The molecule has 0 saturated carbocycles. The monoisotopic (exact) mass is 242 g/mol. The Labute approximate surface area is 106 Å². The van der Waals surface area contributed by atoms with E-state index in [1.165, 1.54) is 28.3 Å². The number of thioether (sulfide) groups is 1. The van der Waals surface area contributed by atoms with Gasteiger partial charge in [-0.25, -0.2) is 4.98 Å². The molecule has 2 nitrogen and oxygen atoms in total. The molecule has 0 aliphatic carbocycles. The molecule has 0 spiro atoms. The normalized spacial score (nSPS) is 12.4. The number of aryl methyl sites for hydroxylation is 2. The van der Waals surface area contributed by atoms with E-state index in [0.717, 1.165) is 10.5 Å². The highest BCUT2D eigenvalue weighted by Gasteiger charge is 2.08. The molecule has 0 saturated heterocycles. The molecule has 2 aromatic rings. The van der Waals surface area contributed by atoms with Crippen molar-refractivity contribution >= 4 is 22.7 Å². The van der Waals surface area contributed by atoms with Gasteiger partial charge in [-0.05, 0) is 38.0 Å². The second-order valence-electron chi connectivity index (χ2n) is 4.14. The average Bonchev–Trinajstić information content (AvgIpc) is 2.30. The van der Waals surface area contributed by atoms with Crippen molar-refractivity contribution in [2.75, 3.05) is 0 Å². The van der Waals surface area contributed by atoms with Gasteiger partial charge in [-0.3, -0.25) is 0 Å². The van der Waals surface area contributed by atoms with Crippen LogP contribution in [0.1, 0.15) is 18.1 Å². The lowest BCUT2D eigenvalue weighted by atomic mass is 10.1. The van der Waals surface area contributed by atoms with Crippen molar-refractivity contribution in [2.24, 2.45) is 0 Å². The fraction of sp³-hybridized carbons (Fsp3) is 0.286. The van der Waals surface area contributed by atoms with Gasteiger partial charge in [0.25, 0.3) is 0 Å². The second-order valence-corrected chi connectivity index (χ2v) is 5.50. The lowest BCUT2D eigenvalue weighted by molar-refractivity contribution is 1.14. The Morgan fingerprint density at radius 2 is 2.06 bits per heavy atom. The molecule has 1 aromatic heterocycles. The van der Waals surface area contributed by atoms with Crippen LogP contribution in [-0.2, 0) is 0 Å². The van der Waals surface area contributed by atoms with Crippen LogP contribution in [-0.4, -0.2) is 10.2 Å². The van der Waals surface area contributed by atoms with Gasteiger partial charge >= 0.3 is 0 Å². The Morgan fingerprint density at radius 3 is 2.76 bits per heavy atom. The number of benzene rings is 1. The molecule has 17 heavy (non-hydrogen) atoms. The van der Waals surface area contributed by atoms with Crippen molar-refractivity contribution < 1.29 is 0 Å². The van der Waals surface area contributed by atoms with Crippen LogP contribution in [0.5, 0.6) is 0 Å². The largest absolute Gasteiger partial charge is 0.241 e. The molecule has 1 atom stereocenters. The van der Waals surface area contributed by atoms with Gasteiger partial charge in [0.1, 0.15) is 0 Å². The Bertz CT molecular complexity index is 599. The second kappa shape index (κ2) is 4.77. The standard InChI is InChI=1S/C14H14N2S/c1-9-5-4-6-12-10(2)7-13(16-14(9)12)17-11(3)8-15/h4-7,11H,1-3H3. The number of hydrogen-bond donors (Lipinski definition) is 0. The summed E-state index contributed by atoms with van der Waals surface area (Å²) in [4.78, 5) is 4.64. The molecule has 1 unspecified atom stereocenters. The first-order valence-electron chi connectivity index (χ1n) is 5.55. The Hall–Kier alpha value is -1.53. The van der Waals surface area contributed by atoms with Crippen molar-refractivity contribution in [3.05, 3.63) is 35.4 Å². The average molecular weight is 242 g/mol. The van der Waals surface area contributed by atoms with Crippen LogP contribution in [0, 0.1) is 25.2 Å². The highest BCUT2D eigenvalue weighted by molar-refractivity contribution is 8.00. The number of hydrogen-bond acceptors (Lipinski definition) is 3. The third kappa shape index (κ3) is 2.42. The van der Waals surface area contributed by atoms with Crippen LogP contribution < -0.4 is 0 Å². The lowest BCUT2D eigenvalue weighted by Crippen LogP contribution is -1.94. The van der Waals surface area contributed by atoms with Crippen LogP contribution in [0.3, 0.4) is 0 Å². The van der Waals surface area contributed by atoms with E-state index in [1.54, 1.807) is 0 Å². The Morgan fingerprint density at radius 1 is 1.29 bits per heavy atom. The molecular formula is C14H14N2S. The summed E-state index contributed by atoms with van der Waals surface area (Å²) in [5, 5.41) is 10.9. The van der Waals surface area contributed by atoms with Gasteiger partial charge in [0.2, 0.25) is 0 Å². The van der Waals surface area contributed by atoms with E-state index in [4.69, 9.17) is 5.26 Å². The molecular weight excluding hydrogens is 228 g/mol. The quantitative estimate of drug-likeness (QED) is 0.750. The smallest absolute Gasteiger partial charge is 0.0983 e. The van der Waals surface area contributed by atoms with Gasteiger partial charge in [-0.1, -0.05) is 30.0 Å². The van der Waals surface area contributed by atoms with Crippen molar-refractivity contribution in [1.82, 2.24) is 4.98 Å². The van der Waals surface area contributed by atoms with Gasteiger partial charge in [0, 0.05) is 5.39 Å². The van der Waals surface area contributed by atoms with Crippen molar-refractivity contribution in [2.45, 2.75) is 31.0 Å². The maximum absolute atomic E-state index is 8.83. The highest BCUT2D eigenvalue weighted by atomic mass is 32.2. The summed E-state index contributed by atoms with van der Waals surface area (Å²) in [6, 6.07) is 10.5. The van der Waals surface area contributed by atoms with Gasteiger partial charge in [-0.2, -0.15) is 5.26 Å². The third-order valence-corrected chi connectivity index (χ3v) is 3.61. The number of pyridine rings is 1. The van der Waals surface area contributed by atoms with Gasteiger partial charge in [0.15, 0.2) is 0 Å². The molecule has 0 N–H and O–H groups in total. The fourth-order valence-corrected chi connectivity index (χ4v) is 2.60. The highest BCUT2D eigenvalue weighted by Crippen LogP contribution is 2.27. The number of fused-ring (bicyclic) bond motifs is 1. The molecule has 86 valence electrons. The summed E-state index contributed by atoms with van der Waals surface area (Å²) < 4.78 is 0. The van der Waals surface area contributed by atoms with Crippen molar-refractivity contribution in [1.29, 1.82) is 5.26 Å². The predicted octanol–water partition coefficient (Wildman–Crippen LogP) is 3.86. The molecule has 0 amide bonds. The number of nitriles is 1. The van der Waals surface area contributed by atoms with Crippen LogP contribution in [0.25, 0.3) is 10.9 Å². The van der Waals surface area contributed by atoms with E-state index in [-0.39, 0.29) is 5.25 Å². The summed E-state index contributed by atoms with van der Waals surface area (Å²) in [6.07, 6.45) is 0. The number of aromatic nitrogens is 1. The Balaban J connectivity index is 2.55. The van der Waals surface area contributed by atoms with E-state index in [2.05, 4.69) is 49.2 Å². The number of para-hydroxylation sites is 1. The molecule has 3 heteroatoms. The van der Waals surface area contributed by atoms with Gasteiger partial charge < -0.3 is 0 Å². The van der Waals surface area contributed by atoms with Crippen LogP contribution in [0.4, 0.5) is 0 Å². The zero-order chi connectivity index (χ0) is 12.4. The molecule has 0 aliphatic heterocycles. The lowest BCUT2D eigenvalue weighted by Gasteiger charge is -2.08. The van der Waals surface area contributed by atoms with E-state index in [9.17, 15) is 0 Å². The summed E-state index contributed by atoms with van der Waals surface area (Å²) in [5.41, 5.74) is 3.43. The van der Waals surface area contributed by atoms with Crippen molar-refractivity contribution in [3.8, 4) is 6.07 Å². The maximum atomic E-state index is 8.83. The molecule has 2 rings (SSSR count). The van der Waals surface area contributed by atoms with Gasteiger partial charge in [0.05, 0.1) is 21.9 Å². The molecule has 1 heterocycles. The fourth-order valence-electron chi connectivity index (χ4n) is 1.80. The van der Waals surface area contributed by atoms with Gasteiger partial charge in [-0.15, -0.1) is 0 Å². The minimum absolute atomic E-state index is 0.0663. The summed E-state index contributed by atoms with van der Waals surface area (Å²) in [7, 11) is 0. The first kappa shape index (κ1) is 11.9. The maximum Gasteiger partial charge on any atom is 0.0983 e.